The molecule has 37 heavy (non-hydrogen) atoms. The first-order valence-corrected chi connectivity index (χ1v) is 15.4. The molecule has 2 heterocycles. The Morgan fingerprint density at radius 3 is 1.92 bits per heavy atom. The first kappa shape index (κ1) is 27.2. The molecule has 0 N–H and O–H groups in total. The second-order valence-electron chi connectivity index (χ2n) is 11.5. The Kier molecular flexibility index (Phi) is 7.18. The second kappa shape index (κ2) is 9.78. The number of aromatic nitrogens is 3. The predicted octanol–water partition coefficient (Wildman–Crippen LogP) is 7.13. The molecule has 200 valence electrons. The molecule has 0 radical (unpaired) electrons. The third-order valence-electron chi connectivity index (χ3n) is 8.44. The highest BCUT2D eigenvalue weighted by Crippen LogP contribution is 2.50. The van der Waals surface area contributed by atoms with Crippen molar-refractivity contribution < 1.29 is 19.0 Å². The lowest BCUT2D eigenvalue weighted by atomic mass is 9.98. The van der Waals surface area contributed by atoms with E-state index in [1.165, 1.54) is 0 Å². The van der Waals surface area contributed by atoms with Gasteiger partial charge in [-0.1, -0.05) is 48.5 Å². The molecule has 1 fully saturated rings. The van der Waals surface area contributed by atoms with Crippen molar-refractivity contribution in [3.05, 3.63) is 30.1 Å². The summed E-state index contributed by atoms with van der Waals surface area (Å²) in [7, 11) is 2.61. The predicted molar refractivity (Wildman–Crippen MR) is 151 cm³/mol. The number of hydrogen-bond donors (Lipinski definition) is 0. The van der Waals surface area contributed by atoms with E-state index in [0.29, 0.717) is 50.6 Å². The highest BCUT2D eigenvalue weighted by molar-refractivity contribution is 6.82. The zero-order chi connectivity index (χ0) is 27.3. The lowest BCUT2D eigenvalue weighted by Gasteiger charge is -2.44. The summed E-state index contributed by atoms with van der Waals surface area (Å²) >= 11 is 0. The Balaban J connectivity index is 2.02. The van der Waals surface area contributed by atoms with Crippen LogP contribution in [0.2, 0.25) is 16.6 Å². The van der Waals surface area contributed by atoms with Gasteiger partial charge in [-0.3, -0.25) is 4.79 Å². The number of hydrogen-bond acceptors (Lipinski definition) is 6. The maximum absolute atomic E-state index is 13.8. The van der Waals surface area contributed by atoms with Crippen LogP contribution in [0, 0.1) is 5.41 Å². The SMILES string of the molecule is COc1cc(-c2cnc3c(n2)c(C(=O)C2(C)CC2)cn3[Si](C(C)C)(C(C)C)C(C)C)cc(OC)c1OC. The van der Waals surface area contributed by atoms with Gasteiger partial charge in [0.25, 0.3) is 0 Å². The number of carbonyl (C=O) groups is 1. The second-order valence-corrected chi connectivity index (χ2v) is 17.2. The van der Waals surface area contributed by atoms with Crippen LogP contribution in [0.1, 0.15) is 71.7 Å². The Morgan fingerprint density at radius 2 is 1.49 bits per heavy atom. The molecule has 4 rings (SSSR count). The Labute approximate surface area is 221 Å². The van der Waals surface area contributed by atoms with E-state index in [9.17, 15) is 4.79 Å². The average molecular weight is 524 g/mol. The summed E-state index contributed by atoms with van der Waals surface area (Å²) in [4.78, 5) is 23.9. The normalized spacial score (nSPS) is 15.1. The molecule has 1 saturated carbocycles. The molecule has 1 aliphatic rings. The van der Waals surface area contributed by atoms with Crippen molar-refractivity contribution >= 4 is 25.2 Å². The van der Waals surface area contributed by atoms with Crippen molar-refractivity contribution in [1.82, 2.24) is 14.2 Å². The van der Waals surface area contributed by atoms with Crippen molar-refractivity contribution in [2.75, 3.05) is 21.3 Å². The number of Topliss-reactive ketones (excluding diaryl/α,β-unsaturated/α-hetero) is 1. The number of nitrogens with zero attached hydrogens (tertiary/aromatic N) is 3. The van der Waals surface area contributed by atoms with Gasteiger partial charge in [0, 0.05) is 17.2 Å². The number of fused-ring (bicyclic) bond motifs is 1. The lowest BCUT2D eigenvalue weighted by molar-refractivity contribution is 0.0914. The maximum atomic E-state index is 13.8. The topological polar surface area (TPSA) is 75.5 Å². The van der Waals surface area contributed by atoms with E-state index in [2.05, 4.69) is 58.9 Å². The fraction of sp³-hybridized carbons (Fsp3) is 0.552. The molecule has 0 spiro atoms. The summed E-state index contributed by atoms with van der Waals surface area (Å²) in [6, 6.07) is 3.74. The molecule has 1 aromatic carbocycles. The van der Waals surface area contributed by atoms with E-state index in [0.717, 1.165) is 24.1 Å². The van der Waals surface area contributed by atoms with Crippen LogP contribution in [0.4, 0.5) is 0 Å². The van der Waals surface area contributed by atoms with E-state index in [4.69, 9.17) is 24.2 Å². The Hall–Kier alpha value is -2.87. The number of rotatable bonds is 10. The van der Waals surface area contributed by atoms with Gasteiger partial charge >= 0.3 is 0 Å². The van der Waals surface area contributed by atoms with Gasteiger partial charge in [0.15, 0.2) is 31.2 Å². The van der Waals surface area contributed by atoms with Gasteiger partial charge in [-0.05, 0) is 41.6 Å². The molecule has 7 nitrogen and oxygen atoms in total. The highest BCUT2D eigenvalue weighted by Gasteiger charge is 2.49. The van der Waals surface area contributed by atoms with Crippen molar-refractivity contribution in [3.8, 4) is 28.5 Å². The lowest BCUT2D eigenvalue weighted by Crippen LogP contribution is -2.51. The summed E-state index contributed by atoms with van der Waals surface area (Å²) in [6.45, 7) is 16.0. The minimum absolute atomic E-state index is 0.173. The summed E-state index contributed by atoms with van der Waals surface area (Å²) in [6.07, 6.45) is 5.73. The minimum Gasteiger partial charge on any atom is -0.493 e. The zero-order valence-electron chi connectivity index (χ0n) is 23.9. The number of benzene rings is 1. The van der Waals surface area contributed by atoms with Crippen LogP contribution in [0.5, 0.6) is 17.2 Å². The summed E-state index contributed by atoms with van der Waals surface area (Å²) in [5.74, 6) is 1.78. The van der Waals surface area contributed by atoms with Crippen LogP contribution in [-0.2, 0) is 0 Å². The van der Waals surface area contributed by atoms with Crippen LogP contribution >= 0.6 is 0 Å². The van der Waals surface area contributed by atoms with Gasteiger partial charge in [-0.15, -0.1) is 0 Å². The highest BCUT2D eigenvalue weighted by atomic mass is 28.3. The minimum atomic E-state index is -2.16. The first-order valence-electron chi connectivity index (χ1n) is 13.2. The van der Waals surface area contributed by atoms with Crippen molar-refractivity contribution in [2.45, 2.75) is 77.9 Å². The summed E-state index contributed by atoms with van der Waals surface area (Å²) in [5.41, 5.74) is 4.70. The number of ketones is 1. The molecule has 0 bridgehead atoms. The zero-order valence-corrected chi connectivity index (χ0v) is 24.9. The Bertz CT molecular complexity index is 1280. The number of methoxy groups -OCH3 is 3. The molecule has 0 amide bonds. The smallest absolute Gasteiger partial charge is 0.203 e. The van der Waals surface area contributed by atoms with Crippen molar-refractivity contribution in [2.24, 2.45) is 5.41 Å². The molecule has 2 aromatic heterocycles. The van der Waals surface area contributed by atoms with E-state index in [-0.39, 0.29) is 11.2 Å². The molecular weight excluding hydrogens is 482 g/mol. The average Bonchev–Trinajstić information content (AvgIpc) is 3.51. The van der Waals surface area contributed by atoms with Gasteiger partial charge in [0.05, 0.1) is 38.8 Å². The van der Waals surface area contributed by atoms with Gasteiger partial charge in [-0.25, -0.2) is 9.97 Å². The van der Waals surface area contributed by atoms with E-state index >= 15 is 0 Å². The van der Waals surface area contributed by atoms with Crippen LogP contribution in [-0.4, -0.2) is 49.5 Å². The van der Waals surface area contributed by atoms with E-state index < -0.39 is 8.24 Å². The maximum Gasteiger partial charge on any atom is 0.203 e. The standard InChI is InChI=1S/C29H41N3O4Si/c1-17(2)37(18(3)4,19(5)6)32-16-21(27(33)29(7)11-12-29)25-28(32)30-15-22(31-25)20-13-23(34-8)26(36-10)24(14-20)35-9/h13-19H,11-12H2,1-10H3. The summed E-state index contributed by atoms with van der Waals surface area (Å²) < 4.78 is 19.0. The van der Waals surface area contributed by atoms with E-state index in [1.54, 1.807) is 27.5 Å². The van der Waals surface area contributed by atoms with Crippen LogP contribution in [0.25, 0.3) is 22.4 Å². The van der Waals surface area contributed by atoms with Crippen molar-refractivity contribution in [3.63, 3.8) is 0 Å². The third kappa shape index (κ3) is 4.23. The Morgan fingerprint density at radius 1 is 0.946 bits per heavy atom. The third-order valence-corrected chi connectivity index (χ3v) is 15.2. The molecule has 0 atom stereocenters. The number of ether oxygens (including phenoxy) is 3. The molecule has 0 unspecified atom stereocenters. The molecule has 0 saturated heterocycles. The monoisotopic (exact) mass is 523 g/mol. The molecule has 8 heteroatoms. The largest absolute Gasteiger partial charge is 0.493 e. The van der Waals surface area contributed by atoms with Gasteiger partial charge in [0.2, 0.25) is 5.75 Å². The van der Waals surface area contributed by atoms with Crippen molar-refractivity contribution in [1.29, 1.82) is 0 Å². The van der Waals surface area contributed by atoms with Gasteiger partial charge in [-0.2, -0.15) is 0 Å². The number of carbonyl (C=O) groups excluding carboxylic acids is 1. The van der Waals surface area contributed by atoms with Crippen LogP contribution < -0.4 is 14.2 Å². The quantitative estimate of drug-likeness (QED) is 0.208. The fourth-order valence-corrected chi connectivity index (χ4v) is 12.9. The summed E-state index contributed by atoms with van der Waals surface area (Å²) in [5, 5.41) is 0. The van der Waals surface area contributed by atoms with E-state index in [1.807, 2.05) is 12.1 Å². The molecule has 1 aliphatic carbocycles. The van der Waals surface area contributed by atoms with Gasteiger partial charge in [0.1, 0.15) is 5.52 Å². The van der Waals surface area contributed by atoms with Gasteiger partial charge < -0.3 is 18.4 Å². The molecule has 0 aliphatic heterocycles. The molecular formula is C29H41N3O4Si. The first-order chi connectivity index (χ1) is 17.5. The van der Waals surface area contributed by atoms with Crippen LogP contribution in [0.3, 0.4) is 0 Å². The van der Waals surface area contributed by atoms with Crippen LogP contribution in [0.15, 0.2) is 24.5 Å². The molecule has 3 aromatic rings. The fourth-order valence-electron chi connectivity index (χ4n) is 6.39.